The zero-order chi connectivity index (χ0) is 25.4. The average molecular weight is 493 g/mol. The van der Waals surface area contributed by atoms with Crippen LogP contribution in [0.15, 0.2) is 48.5 Å². The van der Waals surface area contributed by atoms with E-state index in [1.165, 1.54) is 24.3 Å². The maximum Gasteiger partial charge on any atom is 0.430 e. The van der Waals surface area contributed by atoms with Crippen LogP contribution in [0, 0.1) is 18.2 Å². The van der Waals surface area contributed by atoms with Gasteiger partial charge in [-0.25, -0.2) is 4.39 Å². The molecule has 0 radical (unpaired) electrons. The quantitative estimate of drug-likeness (QED) is 0.642. The van der Waals surface area contributed by atoms with Gasteiger partial charge in [-0.15, -0.1) is 0 Å². The van der Waals surface area contributed by atoms with E-state index in [4.69, 9.17) is 4.74 Å². The molecule has 2 aliphatic heterocycles. The second-order valence-electron chi connectivity index (χ2n) is 9.42. The number of amides is 2. The van der Waals surface area contributed by atoms with Crippen LogP contribution in [0.4, 0.5) is 17.6 Å². The van der Waals surface area contributed by atoms with E-state index in [2.05, 4.69) is 5.32 Å². The molecule has 4 rings (SSSR count). The van der Waals surface area contributed by atoms with Crippen LogP contribution >= 0.6 is 0 Å². The summed E-state index contributed by atoms with van der Waals surface area (Å²) in [5.41, 5.74) is -3.12. The molecular weight excluding hydrogens is 464 g/mol. The first kappa shape index (κ1) is 25.2. The Hall–Kier alpha value is -2.94. The number of hydrogen-bond donors (Lipinski definition) is 1. The third-order valence-electron chi connectivity index (χ3n) is 7.59. The molecule has 35 heavy (non-hydrogen) atoms. The van der Waals surface area contributed by atoms with Crippen LogP contribution in [-0.2, 0) is 19.9 Å². The van der Waals surface area contributed by atoms with Crippen molar-refractivity contribution in [3.8, 4) is 0 Å². The number of carbonyl (C=O) groups excluding carboxylic acids is 2. The number of methoxy groups -OCH3 is 1. The van der Waals surface area contributed by atoms with E-state index in [9.17, 15) is 22.8 Å². The van der Waals surface area contributed by atoms with E-state index in [1.54, 1.807) is 31.2 Å². The predicted octanol–water partition coefficient (Wildman–Crippen LogP) is 4.45. The third-order valence-corrected chi connectivity index (χ3v) is 7.59. The molecule has 0 aliphatic carbocycles. The molecule has 0 bridgehead atoms. The highest BCUT2D eigenvalue weighted by Crippen LogP contribution is 2.51. The fraction of sp³-hybridized carbons (Fsp3) is 0.462. The fourth-order valence-corrected chi connectivity index (χ4v) is 5.62. The van der Waals surface area contributed by atoms with E-state index in [-0.39, 0.29) is 62.1 Å². The van der Waals surface area contributed by atoms with Gasteiger partial charge in [0.2, 0.25) is 5.91 Å². The molecule has 2 fully saturated rings. The molecule has 2 saturated heterocycles. The molecule has 1 N–H and O–H groups in total. The zero-order valence-corrected chi connectivity index (χ0v) is 19.6. The van der Waals surface area contributed by atoms with E-state index in [0.717, 1.165) is 12.0 Å². The molecule has 2 amide bonds. The van der Waals surface area contributed by atoms with Gasteiger partial charge in [-0.3, -0.25) is 9.59 Å². The van der Waals surface area contributed by atoms with Crippen molar-refractivity contribution in [3.63, 3.8) is 0 Å². The maximum absolute atomic E-state index is 15.0. The maximum atomic E-state index is 15.0. The average Bonchev–Trinajstić information content (AvgIpc) is 2.82. The normalized spacial score (nSPS) is 21.9. The standard InChI is InChI=1S/C26H28F4N2O3/c1-17-7-6-10-19(22(17)27)20-16-31-21(33)15-24(20)11-13-32(14-12-24)23(34)25(35-2,26(28,29)30)18-8-4-3-5-9-18/h3-10,20H,11-16H2,1-2H3,(H,31,33)/t20?,25-/m1/s1. The zero-order valence-electron chi connectivity index (χ0n) is 19.6. The Morgan fingerprint density at radius 1 is 1.09 bits per heavy atom. The van der Waals surface area contributed by atoms with Crippen molar-refractivity contribution in [2.24, 2.45) is 5.41 Å². The Morgan fingerprint density at radius 2 is 1.74 bits per heavy atom. The number of halogens is 4. The van der Waals surface area contributed by atoms with Crippen molar-refractivity contribution in [2.45, 2.75) is 43.9 Å². The van der Waals surface area contributed by atoms with Gasteiger partial charge in [-0.1, -0.05) is 48.5 Å². The van der Waals surface area contributed by atoms with Crippen LogP contribution in [0.25, 0.3) is 0 Å². The van der Waals surface area contributed by atoms with Crippen LogP contribution in [0.3, 0.4) is 0 Å². The Labute approximate surface area is 201 Å². The molecule has 2 aromatic rings. The number of rotatable bonds is 4. The Morgan fingerprint density at radius 3 is 2.34 bits per heavy atom. The molecule has 188 valence electrons. The number of benzene rings is 2. The highest BCUT2D eigenvalue weighted by atomic mass is 19.4. The lowest BCUT2D eigenvalue weighted by atomic mass is 9.62. The summed E-state index contributed by atoms with van der Waals surface area (Å²) >= 11 is 0. The lowest BCUT2D eigenvalue weighted by Gasteiger charge is -2.50. The van der Waals surface area contributed by atoms with Gasteiger partial charge in [0, 0.05) is 44.6 Å². The van der Waals surface area contributed by atoms with Crippen LogP contribution in [0.2, 0.25) is 0 Å². The lowest BCUT2D eigenvalue weighted by Crippen LogP contribution is -2.60. The monoisotopic (exact) mass is 492 g/mol. The number of nitrogens with zero attached hydrogens (tertiary/aromatic N) is 1. The van der Waals surface area contributed by atoms with E-state index in [1.807, 2.05) is 0 Å². The molecular formula is C26H28F4N2O3. The minimum Gasteiger partial charge on any atom is -0.356 e. The lowest BCUT2D eigenvalue weighted by molar-refractivity contribution is -0.271. The van der Waals surface area contributed by atoms with Crippen molar-refractivity contribution in [2.75, 3.05) is 26.7 Å². The summed E-state index contributed by atoms with van der Waals surface area (Å²) < 4.78 is 63.1. The topological polar surface area (TPSA) is 58.6 Å². The van der Waals surface area contributed by atoms with E-state index in [0.29, 0.717) is 11.1 Å². The predicted molar refractivity (Wildman–Crippen MR) is 121 cm³/mol. The number of likely N-dealkylation sites (tertiary alicyclic amines) is 1. The number of piperidine rings is 2. The number of ether oxygens (including phenoxy) is 1. The largest absolute Gasteiger partial charge is 0.430 e. The van der Waals surface area contributed by atoms with Crippen molar-refractivity contribution in [3.05, 3.63) is 71.0 Å². The molecule has 9 heteroatoms. The van der Waals surface area contributed by atoms with Crippen molar-refractivity contribution in [1.82, 2.24) is 10.2 Å². The summed E-state index contributed by atoms with van der Waals surface area (Å²) in [5, 5.41) is 2.80. The molecule has 2 heterocycles. The van der Waals surface area contributed by atoms with Crippen molar-refractivity contribution < 1.29 is 31.9 Å². The van der Waals surface area contributed by atoms with Crippen LogP contribution < -0.4 is 5.32 Å². The van der Waals surface area contributed by atoms with Gasteiger partial charge in [-0.05, 0) is 36.3 Å². The molecule has 2 aromatic carbocycles. The number of carbonyl (C=O) groups is 2. The Kier molecular flexibility index (Phi) is 6.66. The van der Waals surface area contributed by atoms with Gasteiger partial charge in [-0.2, -0.15) is 13.2 Å². The minimum atomic E-state index is -4.99. The van der Waals surface area contributed by atoms with Gasteiger partial charge in [0.25, 0.3) is 11.5 Å². The first-order valence-electron chi connectivity index (χ1n) is 11.5. The van der Waals surface area contributed by atoms with Crippen molar-refractivity contribution in [1.29, 1.82) is 0 Å². The summed E-state index contributed by atoms with van der Waals surface area (Å²) in [6, 6.07) is 12.0. The number of aryl methyl sites for hydroxylation is 1. The highest BCUT2D eigenvalue weighted by Gasteiger charge is 2.64. The molecule has 1 unspecified atom stereocenters. The molecule has 0 saturated carbocycles. The molecule has 5 nitrogen and oxygen atoms in total. The molecule has 2 atom stereocenters. The number of hydrogen-bond acceptors (Lipinski definition) is 3. The molecule has 0 aromatic heterocycles. The van der Waals surface area contributed by atoms with E-state index < -0.39 is 23.1 Å². The second kappa shape index (κ2) is 9.26. The van der Waals surface area contributed by atoms with Gasteiger partial charge < -0.3 is 15.0 Å². The van der Waals surface area contributed by atoms with Gasteiger partial charge in [0.05, 0.1) is 0 Å². The summed E-state index contributed by atoms with van der Waals surface area (Å²) in [4.78, 5) is 26.9. The third kappa shape index (κ3) is 4.20. The van der Waals surface area contributed by atoms with Gasteiger partial charge in [0.15, 0.2) is 0 Å². The first-order valence-corrected chi connectivity index (χ1v) is 11.5. The Balaban J connectivity index is 1.64. The van der Waals surface area contributed by atoms with Crippen molar-refractivity contribution >= 4 is 11.8 Å². The SMILES string of the molecule is CO[C@@](C(=O)N1CCC2(CC1)CC(=O)NCC2c1cccc(C)c1F)(c1ccccc1)C(F)(F)F. The number of alkyl halides is 3. The summed E-state index contributed by atoms with van der Waals surface area (Å²) in [7, 11) is 0.881. The Bertz CT molecular complexity index is 1100. The summed E-state index contributed by atoms with van der Waals surface area (Å²) in [6.07, 6.45) is -4.32. The van der Waals surface area contributed by atoms with Crippen LogP contribution in [0.5, 0.6) is 0 Å². The molecule has 1 spiro atoms. The fourth-order valence-electron chi connectivity index (χ4n) is 5.62. The summed E-state index contributed by atoms with van der Waals surface area (Å²) in [5.74, 6) is -2.06. The molecule has 2 aliphatic rings. The van der Waals surface area contributed by atoms with Crippen LogP contribution in [-0.4, -0.2) is 49.6 Å². The highest BCUT2D eigenvalue weighted by molar-refractivity contribution is 5.88. The van der Waals surface area contributed by atoms with Crippen LogP contribution in [0.1, 0.15) is 41.9 Å². The summed E-state index contributed by atoms with van der Waals surface area (Å²) in [6.45, 7) is 1.91. The minimum absolute atomic E-state index is 0.00404. The van der Waals surface area contributed by atoms with Gasteiger partial charge >= 0.3 is 6.18 Å². The van der Waals surface area contributed by atoms with E-state index >= 15 is 4.39 Å². The number of nitrogens with one attached hydrogen (secondary N) is 1. The second-order valence-corrected chi connectivity index (χ2v) is 9.42. The first-order chi connectivity index (χ1) is 16.6. The smallest absolute Gasteiger partial charge is 0.356 e. The van der Waals surface area contributed by atoms with Gasteiger partial charge in [0.1, 0.15) is 5.82 Å².